The van der Waals surface area contributed by atoms with Gasteiger partial charge in [-0.25, -0.2) is 13.1 Å². The lowest BCUT2D eigenvalue weighted by atomic mass is 10.1. The highest BCUT2D eigenvalue weighted by atomic mass is 32.2. The Morgan fingerprint density at radius 1 is 1.07 bits per heavy atom. The summed E-state index contributed by atoms with van der Waals surface area (Å²) in [6.45, 7) is 3.44. The Balaban J connectivity index is 1.93. The van der Waals surface area contributed by atoms with Crippen LogP contribution >= 0.6 is 0 Å². The molecule has 0 unspecified atom stereocenters. The molecule has 9 heteroatoms. The maximum Gasteiger partial charge on any atom is 0.287 e. The molecule has 0 aliphatic carbocycles. The fourth-order valence-corrected chi connectivity index (χ4v) is 3.86. The lowest BCUT2D eigenvalue weighted by molar-refractivity contribution is 0.0940. The molecule has 3 aromatic rings. The molecule has 140 valence electrons. The van der Waals surface area contributed by atoms with E-state index in [9.17, 15) is 18.0 Å². The van der Waals surface area contributed by atoms with E-state index in [0.717, 1.165) is 10.2 Å². The fourth-order valence-electron chi connectivity index (χ4n) is 2.69. The number of nitrogens with zero attached hydrogens (tertiary/aromatic N) is 2. The molecular formula is C18H18N4O4S. The number of fused-ring (bicyclic) bond motifs is 1. The standard InChI is InChI=1S/C18H18N4O4S/c1-11-8-9-12(2)15(10-11)27(25,26)21-19-17(23)16-13-6-4-5-7-14(13)18(24)22(3)20-16/h4-10,21H,1-3H3,(H,19,23). The van der Waals surface area contributed by atoms with Gasteiger partial charge in [-0.2, -0.15) is 5.10 Å². The van der Waals surface area contributed by atoms with Crippen LogP contribution in [0.15, 0.2) is 52.2 Å². The van der Waals surface area contributed by atoms with Crippen LogP contribution in [0.4, 0.5) is 0 Å². The topological polar surface area (TPSA) is 110 Å². The number of hydrogen-bond acceptors (Lipinski definition) is 5. The van der Waals surface area contributed by atoms with Gasteiger partial charge in [-0.3, -0.25) is 15.0 Å². The molecule has 2 aromatic carbocycles. The second kappa shape index (κ2) is 6.93. The number of carbonyl (C=O) groups excluding carboxylic acids is 1. The Morgan fingerprint density at radius 2 is 1.74 bits per heavy atom. The summed E-state index contributed by atoms with van der Waals surface area (Å²) in [5.41, 5.74) is 3.09. The van der Waals surface area contributed by atoms with E-state index in [1.165, 1.54) is 13.1 Å². The highest BCUT2D eigenvalue weighted by Gasteiger charge is 2.20. The van der Waals surface area contributed by atoms with Crippen LogP contribution in [0.5, 0.6) is 0 Å². The SMILES string of the molecule is Cc1ccc(C)c(S(=O)(=O)NNC(=O)c2nn(C)c(=O)c3ccccc23)c1. The van der Waals surface area contributed by atoms with Gasteiger partial charge in [-0.1, -0.05) is 30.3 Å². The zero-order chi connectivity index (χ0) is 19.8. The Kier molecular flexibility index (Phi) is 4.81. The van der Waals surface area contributed by atoms with Gasteiger partial charge in [-0.15, -0.1) is 4.83 Å². The number of aromatic nitrogens is 2. The van der Waals surface area contributed by atoms with Crippen LogP contribution in [0.2, 0.25) is 0 Å². The average molecular weight is 386 g/mol. The van der Waals surface area contributed by atoms with Gasteiger partial charge in [0.2, 0.25) is 0 Å². The van der Waals surface area contributed by atoms with Gasteiger partial charge >= 0.3 is 0 Å². The predicted molar refractivity (Wildman–Crippen MR) is 101 cm³/mol. The van der Waals surface area contributed by atoms with Crippen molar-refractivity contribution >= 4 is 26.7 Å². The van der Waals surface area contributed by atoms with Gasteiger partial charge in [0.1, 0.15) is 0 Å². The van der Waals surface area contributed by atoms with Crippen molar-refractivity contribution in [1.82, 2.24) is 20.0 Å². The summed E-state index contributed by atoms with van der Waals surface area (Å²) in [7, 11) is -2.54. The molecule has 1 heterocycles. The smallest absolute Gasteiger partial charge is 0.272 e. The molecule has 0 spiro atoms. The first-order valence-electron chi connectivity index (χ1n) is 8.06. The molecule has 0 saturated heterocycles. The molecule has 0 bridgehead atoms. The summed E-state index contributed by atoms with van der Waals surface area (Å²) < 4.78 is 26.1. The molecule has 0 saturated carbocycles. The van der Waals surface area contributed by atoms with Crippen molar-refractivity contribution in [2.75, 3.05) is 0 Å². The lowest BCUT2D eigenvalue weighted by Gasteiger charge is -2.12. The van der Waals surface area contributed by atoms with E-state index in [-0.39, 0.29) is 16.1 Å². The average Bonchev–Trinajstić information content (AvgIpc) is 2.64. The second-order valence-corrected chi connectivity index (χ2v) is 7.80. The Morgan fingerprint density at radius 3 is 2.44 bits per heavy atom. The van der Waals surface area contributed by atoms with E-state index in [1.807, 2.05) is 0 Å². The van der Waals surface area contributed by atoms with E-state index >= 15 is 0 Å². The van der Waals surface area contributed by atoms with E-state index in [2.05, 4.69) is 15.4 Å². The van der Waals surface area contributed by atoms with Crippen LogP contribution < -0.4 is 15.8 Å². The van der Waals surface area contributed by atoms with Crippen molar-refractivity contribution in [2.45, 2.75) is 18.7 Å². The van der Waals surface area contributed by atoms with Crippen molar-refractivity contribution < 1.29 is 13.2 Å². The Labute approximate surface area is 155 Å². The van der Waals surface area contributed by atoms with Gasteiger partial charge < -0.3 is 0 Å². The molecule has 3 rings (SSSR count). The van der Waals surface area contributed by atoms with Crippen molar-refractivity contribution in [3.8, 4) is 0 Å². The molecule has 27 heavy (non-hydrogen) atoms. The molecule has 8 nitrogen and oxygen atoms in total. The molecular weight excluding hydrogens is 368 g/mol. The first-order chi connectivity index (χ1) is 12.7. The summed E-state index contributed by atoms with van der Waals surface area (Å²) >= 11 is 0. The monoisotopic (exact) mass is 386 g/mol. The third kappa shape index (κ3) is 3.60. The van der Waals surface area contributed by atoms with Crippen LogP contribution in [0.3, 0.4) is 0 Å². The number of carbonyl (C=O) groups is 1. The second-order valence-electron chi connectivity index (χ2n) is 6.15. The third-order valence-corrected chi connectivity index (χ3v) is 5.49. The van der Waals surface area contributed by atoms with Crippen molar-refractivity contribution in [1.29, 1.82) is 0 Å². The first-order valence-corrected chi connectivity index (χ1v) is 9.54. The molecule has 0 radical (unpaired) electrons. The zero-order valence-corrected chi connectivity index (χ0v) is 15.8. The molecule has 1 amide bonds. The number of sulfonamides is 1. The molecule has 0 atom stereocenters. The van der Waals surface area contributed by atoms with Crippen molar-refractivity contribution in [2.24, 2.45) is 7.05 Å². The minimum absolute atomic E-state index is 0.0589. The molecule has 1 aromatic heterocycles. The molecule has 0 aliphatic rings. The largest absolute Gasteiger partial charge is 0.287 e. The maximum atomic E-state index is 12.5. The van der Waals surface area contributed by atoms with Gasteiger partial charge in [0.05, 0.1) is 10.3 Å². The molecule has 0 aliphatic heterocycles. The minimum atomic E-state index is -3.97. The minimum Gasteiger partial charge on any atom is -0.272 e. The van der Waals surface area contributed by atoms with Crippen molar-refractivity contribution in [3.63, 3.8) is 0 Å². The normalized spacial score (nSPS) is 11.5. The van der Waals surface area contributed by atoms with Gasteiger partial charge in [-0.05, 0) is 37.1 Å². The lowest BCUT2D eigenvalue weighted by Crippen LogP contribution is -2.42. The Hall–Kier alpha value is -3.04. The third-order valence-electron chi connectivity index (χ3n) is 4.10. The number of aryl methyl sites for hydroxylation is 3. The maximum absolute atomic E-state index is 12.5. The molecule has 0 fully saturated rings. The van der Waals surface area contributed by atoms with Gasteiger partial charge in [0.25, 0.3) is 21.5 Å². The number of hydrogen-bond donors (Lipinski definition) is 2. The number of benzene rings is 2. The van der Waals surface area contributed by atoms with E-state index in [4.69, 9.17) is 0 Å². The zero-order valence-electron chi connectivity index (χ0n) is 15.0. The van der Waals surface area contributed by atoms with Gasteiger partial charge in [0.15, 0.2) is 5.69 Å². The molecule has 2 N–H and O–H groups in total. The summed E-state index contributed by atoms with van der Waals surface area (Å²) in [6, 6.07) is 11.5. The Bertz CT molecular complexity index is 1220. The van der Waals surface area contributed by atoms with Gasteiger partial charge in [0, 0.05) is 12.4 Å². The first kappa shape index (κ1) is 18.7. The highest BCUT2D eigenvalue weighted by Crippen LogP contribution is 2.16. The van der Waals surface area contributed by atoms with Crippen molar-refractivity contribution in [3.05, 3.63) is 69.6 Å². The number of nitrogens with one attached hydrogen (secondary N) is 2. The van der Waals surface area contributed by atoms with Crippen LogP contribution in [0.1, 0.15) is 21.6 Å². The number of rotatable bonds is 4. The quantitative estimate of drug-likeness (QED) is 0.654. The predicted octanol–water partition coefficient (Wildman–Crippen LogP) is 1.17. The van der Waals surface area contributed by atoms with Crippen LogP contribution in [-0.4, -0.2) is 24.1 Å². The highest BCUT2D eigenvalue weighted by molar-refractivity contribution is 7.89. The van der Waals surface area contributed by atoms with Crippen LogP contribution in [0, 0.1) is 13.8 Å². The number of hydrazine groups is 1. The van der Waals surface area contributed by atoms with Crippen LogP contribution in [0.25, 0.3) is 10.8 Å². The fraction of sp³-hybridized carbons (Fsp3) is 0.167. The summed E-state index contributed by atoms with van der Waals surface area (Å²) in [5.74, 6) is -0.768. The summed E-state index contributed by atoms with van der Waals surface area (Å²) in [5, 5.41) is 4.62. The number of amides is 1. The van der Waals surface area contributed by atoms with E-state index in [1.54, 1.807) is 50.2 Å². The van der Waals surface area contributed by atoms with Crippen LogP contribution in [-0.2, 0) is 17.1 Å². The summed E-state index contributed by atoms with van der Waals surface area (Å²) in [4.78, 5) is 26.8. The van der Waals surface area contributed by atoms with E-state index in [0.29, 0.717) is 16.3 Å². The summed E-state index contributed by atoms with van der Waals surface area (Å²) in [6.07, 6.45) is 0. The van der Waals surface area contributed by atoms with E-state index < -0.39 is 15.9 Å².